The van der Waals surface area contributed by atoms with Crippen molar-refractivity contribution in [2.45, 2.75) is 33.4 Å². The first kappa shape index (κ1) is 19.6. The van der Waals surface area contributed by atoms with E-state index < -0.39 is 0 Å². The molecule has 0 unspecified atom stereocenters. The monoisotopic (exact) mass is 401 g/mol. The molecule has 2 aromatic heterocycles. The average Bonchev–Trinajstić information content (AvgIpc) is 3.21. The van der Waals surface area contributed by atoms with Crippen molar-refractivity contribution in [3.05, 3.63) is 88.0 Å². The van der Waals surface area contributed by atoms with Gasteiger partial charge in [0.25, 0.3) is 5.56 Å². The summed E-state index contributed by atoms with van der Waals surface area (Å²) in [5, 5.41) is 11.4. The predicted octanol–water partition coefficient (Wildman–Crippen LogP) is 2.75. The second-order valence-corrected chi connectivity index (χ2v) is 7.27. The Morgan fingerprint density at radius 1 is 1.03 bits per heavy atom. The molecule has 0 atom stereocenters. The van der Waals surface area contributed by atoms with Crippen molar-refractivity contribution in [3.8, 4) is 11.3 Å². The van der Waals surface area contributed by atoms with Gasteiger partial charge in [0.2, 0.25) is 5.91 Å². The Hall–Kier alpha value is -3.74. The Morgan fingerprint density at radius 2 is 1.73 bits per heavy atom. The smallest absolute Gasteiger partial charge is 0.293 e. The van der Waals surface area contributed by atoms with Gasteiger partial charge in [-0.2, -0.15) is 10.2 Å². The molecule has 0 bridgehead atoms. The molecular weight excluding hydrogens is 378 g/mol. The largest absolute Gasteiger partial charge is 0.350 e. The van der Waals surface area contributed by atoms with Crippen LogP contribution in [0.15, 0.2) is 65.7 Å². The highest BCUT2D eigenvalue weighted by molar-refractivity contribution is 5.75. The first-order valence-corrected chi connectivity index (χ1v) is 9.90. The van der Waals surface area contributed by atoms with Crippen LogP contribution >= 0.6 is 0 Å². The molecule has 4 rings (SSSR count). The summed E-state index contributed by atoms with van der Waals surface area (Å²) in [5.41, 5.74) is 5.05. The van der Waals surface area contributed by atoms with Crippen LogP contribution < -0.4 is 10.9 Å². The van der Waals surface area contributed by atoms with Crippen LogP contribution in [0.3, 0.4) is 0 Å². The highest BCUT2D eigenvalue weighted by Crippen LogP contribution is 2.19. The van der Waals surface area contributed by atoms with Crippen LogP contribution in [-0.2, 0) is 24.3 Å². The number of aryl methyl sites for hydroxylation is 2. The first-order chi connectivity index (χ1) is 14.5. The summed E-state index contributed by atoms with van der Waals surface area (Å²) in [6.07, 6.45) is 2.42. The van der Waals surface area contributed by atoms with Crippen molar-refractivity contribution in [2.24, 2.45) is 0 Å². The number of hydrogen-bond acceptors (Lipinski definition) is 4. The van der Waals surface area contributed by atoms with Gasteiger partial charge in [0.05, 0.1) is 5.69 Å². The molecule has 1 amide bonds. The number of hydrogen-bond donors (Lipinski definition) is 1. The van der Waals surface area contributed by atoms with E-state index in [1.54, 1.807) is 6.07 Å². The van der Waals surface area contributed by atoms with Gasteiger partial charge in [0.1, 0.15) is 18.4 Å². The molecule has 7 nitrogen and oxygen atoms in total. The molecule has 0 saturated carbocycles. The average molecular weight is 401 g/mol. The molecule has 0 aliphatic carbocycles. The van der Waals surface area contributed by atoms with Gasteiger partial charge < -0.3 is 5.32 Å². The van der Waals surface area contributed by atoms with E-state index >= 15 is 0 Å². The lowest BCUT2D eigenvalue weighted by Crippen LogP contribution is -2.34. The molecule has 2 heterocycles. The lowest BCUT2D eigenvalue weighted by atomic mass is 10.1. The predicted molar refractivity (Wildman–Crippen MR) is 115 cm³/mol. The Labute approximate surface area is 174 Å². The summed E-state index contributed by atoms with van der Waals surface area (Å²) in [5.74, 6) is -0.274. The topological polar surface area (TPSA) is 81.3 Å². The second kappa shape index (κ2) is 8.32. The fourth-order valence-electron chi connectivity index (χ4n) is 3.20. The van der Waals surface area contributed by atoms with Crippen molar-refractivity contribution < 1.29 is 4.79 Å². The molecule has 0 radical (unpaired) electrons. The molecule has 1 N–H and O–H groups in total. The number of rotatable bonds is 6. The van der Waals surface area contributed by atoms with E-state index in [-0.39, 0.29) is 18.0 Å². The van der Waals surface area contributed by atoms with Crippen LogP contribution in [0, 0.1) is 6.92 Å². The van der Waals surface area contributed by atoms with E-state index in [0.29, 0.717) is 17.8 Å². The summed E-state index contributed by atoms with van der Waals surface area (Å²) >= 11 is 0. The Bertz CT molecular complexity index is 1240. The molecule has 4 aromatic rings. The maximum Gasteiger partial charge on any atom is 0.293 e. The summed E-state index contributed by atoms with van der Waals surface area (Å²) in [7, 11) is 0. The van der Waals surface area contributed by atoms with Crippen LogP contribution in [0.4, 0.5) is 0 Å². The summed E-state index contributed by atoms with van der Waals surface area (Å²) in [4.78, 5) is 25.1. The second-order valence-electron chi connectivity index (χ2n) is 7.27. The van der Waals surface area contributed by atoms with Gasteiger partial charge in [0, 0.05) is 12.1 Å². The van der Waals surface area contributed by atoms with Crippen LogP contribution in [0.1, 0.15) is 23.6 Å². The minimum Gasteiger partial charge on any atom is -0.350 e. The molecule has 152 valence electrons. The molecular formula is C23H23N5O2. The molecule has 7 heteroatoms. The van der Waals surface area contributed by atoms with Gasteiger partial charge in [-0.25, -0.2) is 9.20 Å². The minimum absolute atomic E-state index is 0.146. The number of carbonyl (C=O) groups is 1. The third-order valence-corrected chi connectivity index (χ3v) is 5.05. The van der Waals surface area contributed by atoms with E-state index in [1.165, 1.54) is 16.4 Å². The Morgan fingerprint density at radius 3 is 2.43 bits per heavy atom. The van der Waals surface area contributed by atoms with Gasteiger partial charge in [-0.05, 0) is 30.5 Å². The van der Waals surface area contributed by atoms with E-state index in [4.69, 9.17) is 0 Å². The number of nitrogens with zero attached hydrogens (tertiary/aromatic N) is 4. The summed E-state index contributed by atoms with van der Waals surface area (Å²) in [6, 6.07) is 17.7. The number of nitrogens with one attached hydrogen (secondary N) is 1. The minimum atomic E-state index is -0.355. The van der Waals surface area contributed by atoms with Crippen molar-refractivity contribution in [1.82, 2.24) is 24.7 Å². The molecule has 0 aliphatic heterocycles. The lowest BCUT2D eigenvalue weighted by Gasteiger charge is -2.07. The van der Waals surface area contributed by atoms with E-state index in [0.717, 1.165) is 27.8 Å². The molecule has 30 heavy (non-hydrogen) atoms. The molecule has 0 spiro atoms. The van der Waals surface area contributed by atoms with Gasteiger partial charge in [-0.3, -0.25) is 9.59 Å². The lowest BCUT2D eigenvalue weighted by molar-refractivity contribution is -0.122. The normalized spacial score (nSPS) is 11.0. The highest BCUT2D eigenvalue weighted by Gasteiger charge is 2.12. The molecule has 0 aliphatic rings. The third-order valence-electron chi connectivity index (χ3n) is 5.05. The Kier molecular flexibility index (Phi) is 5.43. The number of aromatic nitrogens is 4. The zero-order valence-electron chi connectivity index (χ0n) is 17.0. The molecule has 0 fully saturated rings. The SMILES string of the molecule is CCc1ccc(-c2cc3c(=O)n(CC(=O)NCc4ccc(C)cc4)ncn3n2)cc1. The highest BCUT2D eigenvalue weighted by atomic mass is 16.2. The van der Waals surface area contributed by atoms with Crippen LogP contribution in [-0.4, -0.2) is 25.3 Å². The number of benzene rings is 2. The quantitative estimate of drug-likeness (QED) is 0.539. The van der Waals surface area contributed by atoms with Crippen LogP contribution in [0.2, 0.25) is 0 Å². The zero-order valence-corrected chi connectivity index (χ0v) is 17.0. The Balaban J connectivity index is 1.50. The standard InChI is InChI=1S/C23H23N5O2/c1-3-17-8-10-19(11-9-17)20-12-21-23(30)27(25-15-28(21)26-20)14-22(29)24-13-18-6-4-16(2)5-7-18/h4-12,15H,3,13-14H2,1-2H3,(H,24,29). The molecule has 0 saturated heterocycles. The maximum absolute atomic E-state index is 12.8. The number of amides is 1. The van der Waals surface area contributed by atoms with Crippen molar-refractivity contribution >= 4 is 11.4 Å². The number of carbonyl (C=O) groups excluding carboxylic acids is 1. The number of fused-ring (bicyclic) bond motifs is 1. The summed E-state index contributed by atoms with van der Waals surface area (Å²) in [6.45, 7) is 4.37. The van der Waals surface area contributed by atoms with Crippen molar-refractivity contribution in [1.29, 1.82) is 0 Å². The van der Waals surface area contributed by atoms with Crippen LogP contribution in [0.25, 0.3) is 16.8 Å². The van der Waals surface area contributed by atoms with E-state index in [9.17, 15) is 9.59 Å². The fraction of sp³-hybridized carbons (Fsp3) is 0.217. The van der Waals surface area contributed by atoms with Gasteiger partial charge in [-0.15, -0.1) is 0 Å². The van der Waals surface area contributed by atoms with Crippen LogP contribution in [0.5, 0.6) is 0 Å². The maximum atomic E-state index is 12.8. The van der Waals surface area contributed by atoms with Crippen molar-refractivity contribution in [2.75, 3.05) is 0 Å². The van der Waals surface area contributed by atoms with E-state index in [1.807, 2.05) is 55.5 Å². The zero-order chi connectivity index (χ0) is 21.1. The van der Waals surface area contributed by atoms with Crippen molar-refractivity contribution in [3.63, 3.8) is 0 Å². The first-order valence-electron chi connectivity index (χ1n) is 9.90. The summed E-state index contributed by atoms with van der Waals surface area (Å²) < 4.78 is 2.61. The molecule has 2 aromatic carbocycles. The third kappa shape index (κ3) is 4.15. The van der Waals surface area contributed by atoms with E-state index in [2.05, 4.69) is 22.4 Å². The van der Waals surface area contributed by atoms with Gasteiger partial charge in [-0.1, -0.05) is 61.0 Å². The van der Waals surface area contributed by atoms with Gasteiger partial charge in [0.15, 0.2) is 0 Å². The van der Waals surface area contributed by atoms with Gasteiger partial charge >= 0.3 is 0 Å². The fourth-order valence-corrected chi connectivity index (χ4v) is 3.20.